The molecule has 0 saturated heterocycles. The second-order valence-corrected chi connectivity index (χ2v) is 7.73. The number of hydrogen-bond acceptors (Lipinski definition) is 2. The smallest absolute Gasteiger partial charge is 0.207 e. The normalized spacial score (nSPS) is 11.8. The zero-order valence-electron chi connectivity index (χ0n) is 14.4. The molecule has 6 heteroatoms. The molecule has 0 bridgehead atoms. The zero-order valence-corrected chi connectivity index (χ0v) is 15.2. The van der Waals surface area contributed by atoms with Gasteiger partial charge in [-0.1, -0.05) is 6.07 Å². The lowest BCUT2D eigenvalue weighted by atomic mass is 9.95. The van der Waals surface area contributed by atoms with Crippen molar-refractivity contribution in [2.24, 2.45) is 0 Å². The Labute approximate surface area is 141 Å². The van der Waals surface area contributed by atoms with E-state index in [1.54, 1.807) is 13.8 Å². The molecule has 2 aromatic rings. The van der Waals surface area contributed by atoms with E-state index in [1.807, 2.05) is 20.8 Å². The Morgan fingerprint density at radius 2 is 1.33 bits per heavy atom. The lowest BCUT2D eigenvalue weighted by Crippen LogP contribution is -2.25. The molecule has 24 heavy (non-hydrogen) atoms. The highest BCUT2D eigenvalue weighted by Crippen LogP contribution is 2.29. The van der Waals surface area contributed by atoms with Crippen molar-refractivity contribution in [1.82, 2.24) is 4.72 Å². The molecular formula is C18H21F2NO2S. The van der Waals surface area contributed by atoms with Gasteiger partial charge in [0.1, 0.15) is 0 Å². The van der Waals surface area contributed by atoms with Crippen molar-refractivity contribution in [3.8, 4) is 0 Å². The Balaban J connectivity index is 2.39. The van der Waals surface area contributed by atoms with E-state index in [0.717, 1.165) is 28.8 Å². The minimum Gasteiger partial charge on any atom is -0.207 e. The van der Waals surface area contributed by atoms with Crippen molar-refractivity contribution in [2.45, 2.75) is 46.1 Å². The van der Waals surface area contributed by atoms with Crippen molar-refractivity contribution in [2.75, 3.05) is 0 Å². The van der Waals surface area contributed by atoms with Gasteiger partial charge in [-0.3, -0.25) is 0 Å². The molecule has 2 aromatic carbocycles. The second-order valence-electron chi connectivity index (χ2n) is 6.03. The van der Waals surface area contributed by atoms with Crippen molar-refractivity contribution in [3.05, 3.63) is 63.2 Å². The Hall–Kier alpha value is -1.79. The van der Waals surface area contributed by atoms with Gasteiger partial charge in [0.05, 0.1) is 4.90 Å². The Kier molecular flexibility index (Phi) is 5.11. The van der Waals surface area contributed by atoms with Crippen LogP contribution in [0.3, 0.4) is 0 Å². The summed E-state index contributed by atoms with van der Waals surface area (Å²) in [6.45, 7) is 9.21. The lowest BCUT2D eigenvalue weighted by Gasteiger charge is -2.19. The summed E-state index contributed by atoms with van der Waals surface area (Å²) in [5, 5.41) is 0. The fourth-order valence-electron chi connectivity index (χ4n) is 2.77. The molecule has 1 N–H and O–H groups in total. The zero-order chi connectivity index (χ0) is 18.2. The second kappa shape index (κ2) is 6.61. The fourth-order valence-corrected chi connectivity index (χ4v) is 4.38. The molecule has 3 nitrogen and oxygen atoms in total. The third kappa shape index (κ3) is 3.35. The van der Waals surface area contributed by atoms with E-state index in [0.29, 0.717) is 16.7 Å². The molecule has 0 aliphatic heterocycles. The van der Waals surface area contributed by atoms with Gasteiger partial charge in [-0.05, 0) is 80.1 Å². The quantitative estimate of drug-likeness (QED) is 0.903. The minimum atomic E-state index is -3.77. The molecule has 0 aliphatic carbocycles. The first-order valence-corrected chi connectivity index (χ1v) is 9.05. The third-order valence-electron chi connectivity index (χ3n) is 4.65. The summed E-state index contributed by atoms with van der Waals surface area (Å²) in [5.41, 5.74) is 4.71. The van der Waals surface area contributed by atoms with Gasteiger partial charge in [0, 0.05) is 6.54 Å². The Bertz CT molecular complexity index is 877. The predicted octanol–water partition coefficient (Wildman–Crippen LogP) is 3.99. The van der Waals surface area contributed by atoms with Gasteiger partial charge >= 0.3 is 0 Å². The highest BCUT2D eigenvalue weighted by molar-refractivity contribution is 7.89. The highest BCUT2D eigenvalue weighted by atomic mass is 32.2. The van der Waals surface area contributed by atoms with E-state index < -0.39 is 21.7 Å². The van der Waals surface area contributed by atoms with Crippen LogP contribution < -0.4 is 4.72 Å². The van der Waals surface area contributed by atoms with E-state index >= 15 is 0 Å². The number of halogens is 2. The van der Waals surface area contributed by atoms with Crippen LogP contribution in [0, 0.1) is 46.3 Å². The van der Waals surface area contributed by atoms with Crippen LogP contribution in [-0.4, -0.2) is 8.42 Å². The topological polar surface area (TPSA) is 46.2 Å². The number of nitrogens with one attached hydrogen (secondary N) is 1. The standard InChI is InChI=1S/C18H21F2NO2S/c1-10-11(2)13(4)18(14(5)12(10)3)24(22,23)21-9-15-6-7-16(19)17(20)8-15/h6-8,21H,9H2,1-5H3. The number of benzene rings is 2. The maximum atomic E-state index is 13.2. The first kappa shape index (κ1) is 18.5. The Morgan fingerprint density at radius 3 is 1.83 bits per heavy atom. The van der Waals surface area contributed by atoms with Gasteiger partial charge in [0.15, 0.2) is 11.6 Å². The first-order chi connectivity index (χ1) is 11.1. The third-order valence-corrected chi connectivity index (χ3v) is 6.32. The summed E-state index contributed by atoms with van der Waals surface area (Å²) in [4.78, 5) is 0.255. The predicted molar refractivity (Wildman–Crippen MR) is 90.5 cm³/mol. The molecule has 0 unspecified atom stereocenters. The van der Waals surface area contributed by atoms with Gasteiger partial charge in [-0.2, -0.15) is 0 Å². The van der Waals surface area contributed by atoms with Crippen LogP contribution >= 0.6 is 0 Å². The van der Waals surface area contributed by atoms with Gasteiger partial charge in [0.25, 0.3) is 0 Å². The van der Waals surface area contributed by atoms with E-state index in [4.69, 9.17) is 0 Å². The van der Waals surface area contributed by atoms with Crippen molar-refractivity contribution >= 4 is 10.0 Å². The van der Waals surface area contributed by atoms with E-state index in [-0.39, 0.29) is 11.4 Å². The molecule has 0 fully saturated rings. The molecular weight excluding hydrogens is 332 g/mol. The van der Waals surface area contributed by atoms with Gasteiger partial charge in [0.2, 0.25) is 10.0 Å². The maximum Gasteiger partial charge on any atom is 0.241 e. The SMILES string of the molecule is Cc1c(C)c(C)c(S(=O)(=O)NCc2ccc(F)c(F)c2)c(C)c1C. The van der Waals surface area contributed by atoms with E-state index in [2.05, 4.69) is 4.72 Å². The molecule has 0 spiro atoms. The largest absolute Gasteiger partial charge is 0.241 e. The fraction of sp³-hybridized carbons (Fsp3) is 0.333. The summed E-state index contributed by atoms with van der Waals surface area (Å²) in [6, 6.07) is 3.32. The van der Waals surface area contributed by atoms with Crippen LogP contribution in [0.15, 0.2) is 23.1 Å². The summed E-state index contributed by atoms with van der Waals surface area (Å²) in [6.07, 6.45) is 0. The van der Waals surface area contributed by atoms with Gasteiger partial charge in [-0.15, -0.1) is 0 Å². The van der Waals surface area contributed by atoms with Gasteiger partial charge in [-0.25, -0.2) is 21.9 Å². The van der Waals surface area contributed by atoms with Crippen molar-refractivity contribution in [3.63, 3.8) is 0 Å². The van der Waals surface area contributed by atoms with Crippen LogP contribution in [0.5, 0.6) is 0 Å². The van der Waals surface area contributed by atoms with Crippen LogP contribution in [0.4, 0.5) is 8.78 Å². The molecule has 0 aliphatic rings. The highest BCUT2D eigenvalue weighted by Gasteiger charge is 2.23. The van der Waals surface area contributed by atoms with Crippen LogP contribution in [0.2, 0.25) is 0 Å². The first-order valence-electron chi connectivity index (χ1n) is 7.56. The number of sulfonamides is 1. The molecule has 130 valence electrons. The molecule has 2 rings (SSSR count). The van der Waals surface area contributed by atoms with E-state index in [1.165, 1.54) is 6.07 Å². The molecule has 0 atom stereocenters. The molecule has 0 amide bonds. The molecule has 0 saturated carbocycles. The van der Waals surface area contributed by atoms with Crippen molar-refractivity contribution in [1.29, 1.82) is 0 Å². The minimum absolute atomic E-state index is 0.107. The number of rotatable bonds is 4. The summed E-state index contributed by atoms with van der Waals surface area (Å²) in [5.74, 6) is -1.96. The van der Waals surface area contributed by atoms with E-state index in [9.17, 15) is 17.2 Å². The van der Waals surface area contributed by atoms with Crippen LogP contribution in [-0.2, 0) is 16.6 Å². The average Bonchev–Trinajstić information content (AvgIpc) is 2.52. The molecule has 0 heterocycles. The Morgan fingerprint density at radius 1 is 0.833 bits per heavy atom. The lowest BCUT2D eigenvalue weighted by molar-refractivity contribution is 0.506. The van der Waals surface area contributed by atoms with Crippen LogP contribution in [0.1, 0.15) is 33.4 Å². The maximum absolute atomic E-state index is 13.2. The van der Waals surface area contributed by atoms with Crippen LogP contribution in [0.25, 0.3) is 0 Å². The average molecular weight is 353 g/mol. The monoisotopic (exact) mass is 353 g/mol. The van der Waals surface area contributed by atoms with Crippen molar-refractivity contribution < 1.29 is 17.2 Å². The summed E-state index contributed by atoms with van der Waals surface area (Å²) in [7, 11) is -3.77. The summed E-state index contributed by atoms with van der Waals surface area (Å²) < 4.78 is 54.2. The molecule has 0 aromatic heterocycles. The molecule has 0 radical (unpaired) electrons. The van der Waals surface area contributed by atoms with Gasteiger partial charge < -0.3 is 0 Å². The summed E-state index contributed by atoms with van der Waals surface area (Å²) >= 11 is 0. The number of hydrogen-bond donors (Lipinski definition) is 1.